The quantitative estimate of drug-likeness (QED) is 0.799. The summed E-state index contributed by atoms with van der Waals surface area (Å²) in [5.41, 5.74) is 2.36. The minimum Gasteiger partial charge on any atom is -0.324 e. The topological polar surface area (TPSA) is 72.7 Å². The van der Waals surface area contributed by atoms with Crippen molar-refractivity contribution in [3.63, 3.8) is 0 Å². The van der Waals surface area contributed by atoms with Crippen molar-refractivity contribution in [2.24, 2.45) is 0 Å². The number of halogens is 1. The highest BCUT2D eigenvalue weighted by Gasteiger charge is 2.24. The summed E-state index contributed by atoms with van der Waals surface area (Å²) in [5, 5.41) is 14.5. The Morgan fingerprint density at radius 1 is 1.22 bits per heavy atom. The SMILES string of the molecule is Cc1ccc(NC(=O)[C@@H](c2ccccc2)n2cnnn2)cc1Cl. The number of tetrazole rings is 1. The molecule has 23 heavy (non-hydrogen) atoms. The molecule has 0 aliphatic heterocycles. The van der Waals surface area contributed by atoms with Gasteiger partial charge in [0.25, 0.3) is 5.91 Å². The van der Waals surface area contributed by atoms with Crippen LogP contribution in [0.3, 0.4) is 0 Å². The standard InChI is InChI=1S/C16H14ClN5O/c1-11-7-8-13(9-14(11)17)19-16(23)15(22-10-18-20-21-22)12-5-3-2-4-6-12/h2-10,15H,1H3,(H,19,23)/t15-/m1/s1. The summed E-state index contributed by atoms with van der Waals surface area (Å²) in [4.78, 5) is 12.7. The first-order valence-electron chi connectivity index (χ1n) is 6.99. The number of nitrogens with one attached hydrogen (secondary N) is 1. The maximum atomic E-state index is 12.7. The number of aromatic nitrogens is 4. The molecule has 0 spiro atoms. The van der Waals surface area contributed by atoms with Crippen molar-refractivity contribution in [2.75, 3.05) is 5.32 Å². The number of anilines is 1. The monoisotopic (exact) mass is 327 g/mol. The Morgan fingerprint density at radius 3 is 2.65 bits per heavy atom. The van der Waals surface area contributed by atoms with Gasteiger partial charge in [0.05, 0.1) is 0 Å². The summed E-state index contributed by atoms with van der Waals surface area (Å²) in [7, 11) is 0. The molecule has 1 amide bonds. The van der Waals surface area contributed by atoms with E-state index in [1.165, 1.54) is 11.0 Å². The molecular formula is C16H14ClN5O. The van der Waals surface area contributed by atoms with E-state index in [9.17, 15) is 4.79 Å². The number of hydrogen-bond donors (Lipinski definition) is 1. The third kappa shape index (κ3) is 3.37. The van der Waals surface area contributed by atoms with Gasteiger partial charge >= 0.3 is 0 Å². The normalized spacial score (nSPS) is 11.9. The van der Waals surface area contributed by atoms with Crippen LogP contribution in [0, 0.1) is 6.92 Å². The Morgan fingerprint density at radius 2 is 2.00 bits per heavy atom. The highest BCUT2D eigenvalue weighted by molar-refractivity contribution is 6.31. The van der Waals surface area contributed by atoms with Crippen LogP contribution >= 0.6 is 11.6 Å². The average Bonchev–Trinajstić information content (AvgIpc) is 3.06. The summed E-state index contributed by atoms with van der Waals surface area (Å²) in [6.07, 6.45) is 1.42. The van der Waals surface area contributed by atoms with E-state index in [4.69, 9.17) is 11.6 Å². The van der Waals surface area contributed by atoms with Gasteiger partial charge in [0.1, 0.15) is 6.33 Å². The van der Waals surface area contributed by atoms with Crippen molar-refractivity contribution in [1.82, 2.24) is 20.2 Å². The lowest BCUT2D eigenvalue weighted by atomic mass is 10.1. The van der Waals surface area contributed by atoms with E-state index in [-0.39, 0.29) is 5.91 Å². The fourth-order valence-corrected chi connectivity index (χ4v) is 2.41. The van der Waals surface area contributed by atoms with E-state index < -0.39 is 6.04 Å². The highest BCUT2D eigenvalue weighted by Crippen LogP contribution is 2.23. The predicted molar refractivity (Wildman–Crippen MR) is 87.2 cm³/mol. The molecule has 3 rings (SSSR count). The number of aryl methyl sites for hydroxylation is 1. The van der Waals surface area contributed by atoms with Crippen molar-refractivity contribution >= 4 is 23.2 Å². The minimum atomic E-state index is -0.661. The van der Waals surface area contributed by atoms with Gasteiger partial charge in [-0.05, 0) is 40.6 Å². The van der Waals surface area contributed by atoms with Crippen LogP contribution in [0.15, 0.2) is 54.9 Å². The summed E-state index contributed by atoms with van der Waals surface area (Å²) in [6.45, 7) is 1.90. The molecule has 7 heteroatoms. The first kappa shape index (κ1) is 15.2. The molecule has 0 bridgehead atoms. The summed E-state index contributed by atoms with van der Waals surface area (Å²) >= 11 is 6.10. The van der Waals surface area contributed by atoms with Crippen molar-refractivity contribution < 1.29 is 4.79 Å². The van der Waals surface area contributed by atoms with Crippen molar-refractivity contribution in [3.05, 3.63) is 71.0 Å². The largest absolute Gasteiger partial charge is 0.324 e. The van der Waals surface area contributed by atoms with E-state index in [0.717, 1.165) is 11.1 Å². The number of rotatable bonds is 4. The van der Waals surface area contributed by atoms with Gasteiger partial charge in [0, 0.05) is 10.7 Å². The first-order chi connectivity index (χ1) is 11.1. The maximum absolute atomic E-state index is 12.7. The Hall–Kier alpha value is -2.73. The Labute approximate surface area is 138 Å². The van der Waals surface area contributed by atoms with Crippen LogP contribution < -0.4 is 5.32 Å². The lowest BCUT2D eigenvalue weighted by molar-refractivity contribution is -0.118. The van der Waals surface area contributed by atoms with Crippen LogP contribution in [0.1, 0.15) is 17.2 Å². The van der Waals surface area contributed by atoms with E-state index in [1.807, 2.05) is 43.3 Å². The molecule has 3 aromatic rings. The number of amides is 1. The summed E-state index contributed by atoms with van der Waals surface area (Å²) < 4.78 is 1.42. The molecule has 0 unspecified atom stereocenters. The van der Waals surface area contributed by atoms with Crippen LogP contribution in [-0.2, 0) is 4.79 Å². The van der Waals surface area contributed by atoms with Gasteiger partial charge in [0.2, 0.25) is 0 Å². The molecule has 1 N–H and O–H groups in total. The highest BCUT2D eigenvalue weighted by atomic mass is 35.5. The van der Waals surface area contributed by atoms with Crippen LogP contribution in [-0.4, -0.2) is 26.1 Å². The minimum absolute atomic E-state index is 0.247. The van der Waals surface area contributed by atoms with Crippen LogP contribution in [0.4, 0.5) is 5.69 Å². The van der Waals surface area contributed by atoms with Gasteiger partial charge < -0.3 is 5.32 Å². The number of carbonyl (C=O) groups excluding carboxylic acids is 1. The van der Waals surface area contributed by atoms with Gasteiger partial charge in [-0.25, -0.2) is 4.68 Å². The Kier molecular flexibility index (Phi) is 4.34. The number of nitrogens with zero attached hydrogens (tertiary/aromatic N) is 4. The summed E-state index contributed by atoms with van der Waals surface area (Å²) in [5.74, 6) is -0.247. The van der Waals surface area contributed by atoms with Gasteiger partial charge in [-0.15, -0.1) is 5.10 Å². The predicted octanol–water partition coefficient (Wildman–Crippen LogP) is 2.86. The zero-order valence-corrected chi connectivity index (χ0v) is 13.1. The molecule has 1 atom stereocenters. The van der Waals surface area contributed by atoms with E-state index in [2.05, 4.69) is 20.8 Å². The van der Waals surface area contributed by atoms with Crippen molar-refractivity contribution in [1.29, 1.82) is 0 Å². The van der Waals surface area contributed by atoms with E-state index in [1.54, 1.807) is 12.1 Å². The second-order valence-corrected chi connectivity index (χ2v) is 5.46. The zero-order valence-electron chi connectivity index (χ0n) is 12.3. The average molecular weight is 328 g/mol. The molecule has 6 nitrogen and oxygen atoms in total. The molecule has 0 fully saturated rings. The van der Waals surface area contributed by atoms with Crippen LogP contribution in [0.25, 0.3) is 0 Å². The second kappa shape index (κ2) is 6.58. The molecule has 0 radical (unpaired) electrons. The van der Waals surface area contributed by atoms with Gasteiger partial charge in [-0.3, -0.25) is 4.79 Å². The third-order valence-electron chi connectivity index (χ3n) is 3.43. The smallest absolute Gasteiger partial charge is 0.253 e. The third-order valence-corrected chi connectivity index (χ3v) is 3.84. The van der Waals surface area contributed by atoms with Crippen molar-refractivity contribution in [3.8, 4) is 0 Å². The fraction of sp³-hybridized carbons (Fsp3) is 0.125. The fourth-order valence-electron chi connectivity index (χ4n) is 2.23. The first-order valence-corrected chi connectivity index (χ1v) is 7.37. The van der Waals surface area contributed by atoms with Gasteiger partial charge in [-0.2, -0.15) is 0 Å². The zero-order chi connectivity index (χ0) is 16.2. The lowest BCUT2D eigenvalue weighted by Crippen LogP contribution is -2.27. The van der Waals surface area contributed by atoms with Crippen molar-refractivity contribution in [2.45, 2.75) is 13.0 Å². The molecule has 1 heterocycles. The molecule has 0 aliphatic carbocycles. The number of benzene rings is 2. The molecule has 0 aliphatic rings. The van der Waals surface area contributed by atoms with E-state index in [0.29, 0.717) is 10.7 Å². The molecular weight excluding hydrogens is 314 g/mol. The van der Waals surface area contributed by atoms with Gasteiger partial charge in [0.15, 0.2) is 6.04 Å². The Balaban J connectivity index is 1.90. The number of carbonyl (C=O) groups is 1. The number of hydrogen-bond acceptors (Lipinski definition) is 4. The van der Waals surface area contributed by atoms with Crippen LogP contribution in [0.2, 0.25) is 5.02 Å². The van der Waals surface area contributed by atoms with Crippen LogP contribution in [0.5, 0.6) is 0 Å². The summed E-state index contributed by atoms with van der Waals surface area (Å²) in [6, 6.07) is 14.0. The van der Waals surface area contributed by atoms with Gasteiger partial charge in [-0.1, -0.05) is 48.0 Å². The maximum Gasteiger partial charge on any atom is 0.253 e. The molecule has 116 valence electrons. The molecule has 0 saturated carbocycles. The lowest BCUT2D eigenvalue weighted by Gasteiger charge is -2.17. The molecule has 1 aromatic heterocycles. The molecule has 2 aromatic carbocycles. The van der Waals surface area contributed by atoms with E-state index >= 15 is 0 Å². The second-order valence-electron chi connectivity index (χ2n) is 5.06. The Bertz CT molecular complexity index is 805. The molecule has 0 saturated heterocycles.